The molecule has 12 nitrogen and oxygen atoms in total. The SMILES string of the molecule is CC(C)CC(NC(=O)C(CCCCN)NC(=O)C(CCC(N)=O)NC(=O)CN)C(=O)O. The number of nitrogens with two attached hydrogens (primary N) is 3. The molecule has 0 heterocycles. The number of carbonyl (C=O) groups is 5. The third kappa shape index (κ3) is 12.5. The summed E-state index contributed by atoms with van der Waals surface area (Å²) in [4.78, 5) is 59.6. The van der Waals surface area contributed by atoms with E-state index < -0.39 is 47.7 Å². The molecular formula is C19H36N6O6. The van der Waals surface area contributed by atoms with E-state index in [4.69, 9.17) is 17.2 Å². The number of amides is 4. The maximum Gasteiger partial charge on any atom is 0.326 e. The van der Waals surface area contributed by atoms with E-state index in [1.54, 1.807) is 0 Å². The Balaban J connectivity index is 5.39. The van der Waals surface area contributed by atoms with Gasteiger partial charge in [0.2, 0.25) is 23.6 Å². The summed E-state index contributed by atoms with van der Waals surface area (Å²) in [7, 11) is 0. The average molecular weight is 445 g/mol. The molecule has 0 aromatic carbocycles. The van der Waals surface area contributed by atoms with Gasteiger partial charge < -0.3 is 38.3 Å². The number of carboxylic acids is 1. The number of nitrogens with one attached hydrogen (secondary N) is 3. The van der Waals surface area contributed by atoms with Crippen LogP contribution in [0, 0.1) is 5.92 Å². The normalized spacial score (nSPS) is 13.7. The number of unbranched alkanes of at least 4 members (excludes halogenated alkanes) is 1. The molecule has 0 aromatic heterocycles. The van der Waals surface area contributed by atoms with Crippen molar-refractivity contribution in [3.63, 3.8) is 0 Å². The topological polar surface area (TPSA) is 220 Å². The number of aliphatic carboxylic acids is 1. The van der Waals surface area contributed by atoms with E-state index in [0.717, 1.165) is 0 Å². The van der Waals surface area contributed by atoms with Crippen LogP contribution in [0.2, 0.25) is 0 Å². The zero-order valence-electron chi connectivity index (χ0n) is 18.2. The lowest BCUT2D eigenvalue weighted by Gasteiger charge is -2.25. The molecule has 12 heteroatoms. The van der Waals surface area contributed by atoms with Gasteiger partial charge in [-0.2, -0.15) is 0 Å². The van der Waals surface area contributed by atoms with E-state index in [1.165, 1.54) is 0 Å². The van der Waals surface area contributed by atoms with Crippen molar-refractivity contribution in [1.82, 2.24) is 16.0 Å². The van der Waals surface area contributed by atoms with Crippen molar-refractivity contribution >= 4 is 29.6 Å². The van der Waals surface area contributed by atoms with Gasteiger partial charge in [-0.25, -0.2) is 4.79 Å². The summed E-state index contributed by atoms with van der Waals surface area (Å²) < 4.78 is 0. The summed E-state index contributed by atoms with van der Waals surface area (Å²) in [6.45, 7) is 3.68. The van der Waals surface area contributed by atoms with E-state index in [2.05, 4.69) is 16.0 Å². The first-order valence-corrected chi connectivity index (χ1v) is 10.3. The zero-order valence-corrected chi connectivity index (χ0v) is 18.2. The largest absolute Gasteiger partial charge is 0.480 e. The van der Waals surface area contributed by atoms with Crippen molar-refractivity contribution < 1.29 is 29.1 Å². The highest BCUT2D eigenvalue weighted by Gasteiger charge is 2.29. The zero-order chi connectivity index (χ0) is 24.0. The van der Waals surface area contributed by atoms with Crippen LogP contribution in [-0.4, -0.2) is 65.9 Å². The lowest BCUT2D eigenvalue weighted by Crippen LogP contribution is -2.56. The first kappa shape index (κ1) is 28.3. The van der Waals surface area contributed by atoms with E-state index in [-0.39, 0.29) is 38.1 Å². The highest BCUT2D eigenvalue weighted by molar-refractivity contribution is 5.93. The summed E-state index contributed by atoms with van der Waals surface area (Å²) in [6.07, 6.45) is 1.31. The van der Waals surface area contributed by atoms with Crippen LogP contribution in [-0.2, 0) is 24.0 Å². The summed E-state index contributed by atoms with van der Waals surface area (Å²) in [5.74, 6) is -3.78. The molecule has 0 fully saturated rings. The molecule has 0 aliphatic heterocycles. The molecule has 0 aliphatic carbocycles. The van der Waals surface area contributed by atoms with Crippen molar-refractivity contribution in [2.24, 2.45) is 23.1 Å². The molecule has 0 saturated heterocycles. The third-order valence-electron chi connectivity index (χ3n) is 4.42. The molecule has 0 saturated carbocycles. The molecule has 178 valence electrons. The van der Waals surface area contributed by atoms with Crippen LogP contribution >= 0.6 is 0 Å². The Morgan fingerprint density at radius 2 is 1.39 bits per heavy atom. The number of hydrogen-bond acceptors (Lipinski definition) is 7. The first-order valence-electron chi connectivity index (χ1n) is 10.3. The molecule has 31 heavy (non-hydrogen) atoms. The molecule has 0 aliphatic rings. The van der Waals surface area contributed by atoms with Gasteiger partial charge in [0, 0.05) is 6.42 Å². The van der Waals surface area contributed by atoms with E-state index in [0.29, 0.717) is 19.4 Å². The van der Waals surface area contributed by atoms with Crippen LogP contribution in [0.25, 0.3) is 0 Å². The highest BCUT2D eigenvalue weighted by atomic mass is 16.4. The third-order valence-corrected chi connectivity index (χ3v) is 4.42. The highest BCUT2D eigenvalue weighted by Crippen LogP contribution is 2.08. The van der Waals surface area contributed by atoms with E-state index in [9.17, 15) is 29.1 Å². The van der Waals surface area contributed by atoms with Crippen LogP contribution in [0.1, 0.15) is 52.4 Å². The predicted octanol–water partition coefficient (Wildman–Crippen LogP) is -2.08. The van der Waals surface area contributed by atoms with Crippen molar-refractivity contribution in [1.29, 1.82) is 0 Å². The van der Waals surface area contributed by atoms with Crippen molar-refractivity contribution in [3.05, 3.63) is 0 Å². The Morgan fingerprint density at radius 3 is 1.84 bits per heavy atom. The molecule has 3 unspecified atom stereocenters. The van der Waals surface area contributed by atoms with Gasteiger partial charge in [-0.3, -0.25) is 19.2 Å². The number of primary amides is 1. The van der Waals surface area contributed by atoms with Gasteiger partial charge in [-0.1, -0.05) is 13.8 Å². The fourth-order valence-corrected chi connectivity index (χ4v) is 2.81. The molecule has 0 rings (SSSR count). The minimum atomic E-state index is -1.18. The Morgan fingerprint density at radius 1 is 0.839 bits per heavy atom. The van der Waals surface area contributed by atoms with Gasteiger partial charge in [-0.15, -0.1) is 0 Å². The number of carbonyl (C=O) groups excluding carboxylic acids is 4. The number of rotatable bonds is 16. The second-order valence-electron chi connectivity index (χ2n) is 7.70. The lowest BCUT2D eigenvalue weighted by molar-refractivity contribution is -0.142. The summed E-state index contributed by atoms with van der Waals surface area (Å²) >= 11 is 0. The van der Waals surface area contributed by atoms with Gasteiger partial charge >= 0.3 is 5.97 Å². The fraction of sp³-hybridized carbons (Fsp3) is 0.737. The molecule has 4 amide bonds. The van der Waals surface area contributed by atoms with Crippen LogP contribution in [0.5, 0.6) is 0 Å². The predicted molar refractivity (Wildman–Crippen MR) is 113 cm³/mol. The summed E-state index contributed by atoms with van der Waals surface area (Å²) in [5, 5.41) is 16.7. The van der Waals surface area contributed by atoms with Gasteiger partial charge in [0.1, 0.15) is 18.1 Å². The second kappa shape index (κ2) is 15.1. The van der Waals surface area contributed by atoms with Crippen molar-refractivity contribution in [3.8, 4) is 0 Å². The number of carboxylic acid groups (broad SMARTS) is 1. The quantitative estimate of drug-likeness (QED) is 0.131. The second-order valence-corrected chi connectivity index (χ2v) is 7.70. The van der Waals surface area contributed by atoms with Gasteiger partial charge in [0.15, 0.2) is 0 Å². The summed E-state index contributed by atoms with van der Waals surface area (Å²) in [5.41, 5.74) is 15.9. The summed E-state index contributed by atoms with van der Waals surface area (Å²) in [6, 6.07) is -3.28. The Hall–Kier alpha value is -2.73. The van der Waals surface area contributed by atoms with E-state index in [1.807, 2.05) is 13.8 Å². The van der Waals surface area contributed by atoms with Gasteiger partial charge in [-0.05, 0) is 44.6 Å². The van der Waals surface area contributed by atoms with Crippen LogP contribution in [0.3, 0.4) is 0 Å². The van der Waals surface area contributed by atoms with Gasteiger partial charge in [0.25, 0.3) is 0 Å². The molecule has 0 aromatic rings. The molecule has 3 atom stereocenters. The Kier molecular flexibility index (Phi) is 13.8. The maximum absolute atomic E-state index is 12.7. The number of hydrogen-bond donors (Lipinski definition) is 7. The van der Waals surface area contributed by atoms with Gasteiger partial charge in [0.05, 0.1) is 6.54 Å². The minimum Gasteiger partial charge on any atom is -0.480 e. The van der Waals surface area contributed by atoms with Crippen LogP contribution in [0.15, 0.2) is 0 Å². The Bertz CT molecular complexity index is 627. The molecule has 0 radical (unpaired) electrons. The standard InChI is InChI=1S/C19H36N6O6/c1-11(2)9-14(19(30)31)25-17(28)12(5-3-4-8-20)24-18(29)13(6-7-15(22)26)23-16(27)10-21/h11-14H,3-10,20-21H2,1-2H3,(H2,22,26)(H,23,27)(H,24,29)(H,25,28)(H,30,31). The minimum absolute atomic E-state index is 0.0244. The average Bonchev–Trinajstić information content (AvgIpc) is 2.68. The smallest absolute Gasteiger partial charge is 0.326 e. The molecule has 0 bridgehead atoms. The molecular weight excluding hydrogens is 408 g/mol. The first-order chi connectivity index (χ1) is 14.5. The van der Waals surface area contributed by atoms with Crippen molar-refractivity contribution in [2.75, 3.05) is 13.1 Å². The monoisotopic (exact) mass is 444 g/mol. The lowest BCUT2D eigenvalue weighted by atomic mass is 10.0. The van der Waals surface area contributed by atoms with Crippen molar-refractivity contribution in [2.45, 2.75) is 70.5 Å². The van der Waals surface area contributed by atoms with E-state index >= 15 is 0 Å². The van der Waals surface area contributed by atoms with Crippen LogP contribution < -0.4 is 33.2 Å². The maximum atomic E-state index is 12.7. The molecule has 0 spiro atoms. The Labute approximate surface area is 182 Å². The fourth-order valence-electron chi connectivity index (χ4n) is 2.81. The molecule has 10 N–H and O–H groups in total. The van der Waals surface area contributed by atoms with Crippen LogP contribution in [0.4, 0.5) is 0 Å².